The Morgan fingerprint density at radius 3 is 2.62 bits per heavy atom. The van der Waals surface area contributed by atoms with E-state index in [0.29, 0.717) is 0 Å². The molecule has 0 nitrogen and oxygen atoms in total. The van der Waals surface area contributed by atoms with E-state index >= 15 is 0 Å². The molecule has 0 heterocycles. The molecular weight excluding hydrogens is 116 g/mol. The first-order chi connectivity index (χ1) is 3.81. The highest BCUT2D eigenvalue weighted by molar-refractivity contribution is 7.99. The Kier molecular flexibility index (Phi) is 5.73. The minimum atomic E-state index is 0.877. The van der Waals surface area contributed by atoms with Crippen LogP contribution in [0.3, 0.4) is 0 Å². The number of thioether (sulfide) groups is 1. The lowest BCUT2D eigenvalue weighted by Gasteiger charge is -2.04. The maximum absolute atomic E-state index is 3.75. The normalized spacial score (nSPS) is 13.9. The third-order valence-electron chi connectivity index (χ3n) is 1.24. The average Bonchev–Trinajstić information content (AvgIpc) is 1.83. The molecule has 0 fully saturated rings. The number of hydrogen-bond donors (Lipinski definition) is 0. The Labute approximate surface area is 57.1 Å². The highest BCUT2D eigenvalue weighted by Crippen LogP contribution is 2.09. The van der Waals surface area contributed by atoms with Crippen LogP contribution in [0.2, 0.25) is 0 Å². The summed E-state index contributed by atoms with van der Waals surface area (Å²) in [6.45, 7) is 8.27. The topological polar surface area (TPSA) is 0 Å². The molecule has 0 aromatic heterocycles. The Balaban J connectivity index is 2.86. The first-order valence-electron chi connectivity index (χ1n) is 3.18. The fourth-order valence-corrected chi connectivity index (χ4v) is 1.21. The Bertz CT molecular complexity index is 43.7. The maximum atomic E-state index is 3.75. The SMILES string of the molecule is [CH2]CSCC(C)CC. The van der Waals surface area contributed by atoms with Gasteiger partial charge in [-0.3, -0.25) is 0 Å². The summed E-state index contributed by atoms with van der Waals surface area (Å²) < 4.78 is 0. The van der Waals surface area contributed by atoms with Crippen molar-refractivity contribution in [3.8, 4) is 0 Å². The zero-order valence-corrected chi connectivity index (χ0v) is 6.63. The predicted octanol–water partition coefficient (Wildman–Crippen LogP) is 2.60. The molecule has 0 aliphatic carbocycles. The molecule has 0 spiro atoms. The van der Waals surface area contributed by atoms with E-state index in [1.165, 1.54) is 12.2 Å². The first-order valence-corrected chi connectivity index (χ1v) is 4.33. The predicted molar refractivity (Wildman–Crippen MR) is 42.1 cm³/mol. The van der Waals surface area contributed by atoms with Crippen molar-refractivity contribution in [3.05, 3.63) is 6.92 Å². The molecule has 0 saturated carbocycles. The van der Waals surface area contributed by atoms with Gasteiger partial charge in [-0.05, 0) is 24.3 Å². The van der Waals surface area contributed by atoms with Gasteiger partial charge in [-0.1, -0.05) is 20.3 Å². The van der Waals surface area contributed by atoms with Crippen molar-refractivity contribution in [2.45, 2.75) is 20.3 Å². The largest absolute Gasteiger partial charge is 0.162 e. The second-order valence-electron chi connectivity index (χ2n) is 2.09. The van der Waals surface area contributed by atoms with E-state index in [-0.39, 0.29) is 0 Å². The summed E-state index contributed by atoms with van der Waals surface area (Å²) in [5.41, 5.74) is 0. The van der Waals surface area contributed by atoms with Crippen molar-refractivity contribution in [1.29, 1.82) is 0 Å². The van der Waals surface area contributed by atoms with Gasteiger partial charge in [-0.15, -0.1) is 0 Å². The Morgan fingerprint density at radius 1 is 1.62 bits per heavy atom. The molecule has 0 aliphatic rings. The molecule has 1 radical (unpaired) electrons. The summed E-state index contributed by atoms with van der Waals surface area (Å²) >= 11 is 1.93. The van der Waals surface area contributed by atoms with Crippen LogP contribution in [0.5, 0.6) is 0 Å². The smallest absolute Gasteiger partial charge is 0.00419 e. The third kappa shape index (κ3) is 4.51. The van der Waals surface area contributed by atoms with Crippen molar-refractivity contribution in [2.75, 3.05) is 11.5 Å². The van der Waals surface area contributed by atoms with Gasteiger partial charge in [0.2, 0.25) is 0 Å². The van der Waals surface area contributed by atoms with Gasteiger partial charge in [-0.25, -0.2) is 0 Å². The van der Waals surface area contributed by atoms with E-state index in [1.54, 1.807) is 0 Å². The molecule has 1 heteroatoms. The van der Waals surface area contributed by atoms with Gasteiger partial charge in [0.25, 0.3) is 0 Å². The summed E-state index contributed by atoms with van der Waals surface area (Å²) in [5, 5.41) is 0. The minimum Gasteiger partial charge on any atom is -0.162 e. The van der Waals surface area contributed by atoms with E-state index in [9.17, 15) is 0 Å². The molecule has 1 atom stereocenters. The second kappa shape index (κ2) is 5.49. The molecule has 0 aromatic carbocycles. The molecule has 0 rings (SSSR count). The van der Waals surface area contributed by atoms with Gasteiger partial charge < -0.3 is 0 Å². The Morgan fingerprint density at radius 2 is 2.25 bits per heavy atom. The Hall–Kier alpha value is 0.350. The minimum absolute atomic E-state index is 0.877. The second-order valence-corrected chi connectivity index (χ2v) is 3.24. The van der Waals surface area contributed by atoms with Crippen molar-refractivity contribution in [2.24, 2.45) is 5.92 Å². The molecule has 0 N–H and O–H groups in total. The maximum Gasteiger partial charge on any atom is -0.00419 e. The van der Waals surface area contributed by atoms with E-state index in [1.807, 2.05) is 11.8 Å². The van der Waals surface area contributed by atoms with Crippen LogP contribution in [-0.4, -0.2) is 11.5 Å². The van der Waals surface area contributed by atoms with Gasteiger partial charge in [0.15, 0.2) is 0 Å². The zero-order valence-electron chi connectivity index (χ0n) is 5.81. The lowest BCUT2D eigenvalue weighted by Crippen LogP contribution is -1.94. The third-order valence-corrected chi connectivity index (χ3v) is 2.34. The lowest BCUT2D eigenvalue weighted by molar-refractivity contribution is 0.637. The molecule has 0 aliphatic heterocycles. The summed E-state index contributed by atoms with van der Waals surface area (Å²) in [6.07, 6.45) is 1.30. The summed E-state index contributed by atoms with van der Waals surface area (Å²) in [4.78, 5) is 0. The van der Waals surface area contributed by atoms with Gasteiger partial charge in [0, 0.05) is 0 Å². The molecule has 1 unspecified atom stereocenters. The highest BCUT2D eigenvalue weighted by Gasteiger charge is 1.94. The highest BCUT2D eigenvalue weighted by atomic mass is 32.2. The zero-order chi connectivity index (χ0) is 6.41. The standard InChI is InChI=1S/C7H15S/c1-4-7(3)6-8-5-2/h7H,2,4-6H2,1,3H3. The van der Waals surface area contributed by atoms with E-state index < -0.39 is 0 Å². The number of rotatable bonds is 4. The molecule has 0 bridgehead atoms. The first kappa shape index (κ1) is 8.35. The van der Waals surface area contributed by atoms with E-state index in [2.05, 4.69) is 20.8 Å². The van der Waals surface area contributed by atoms with Crippen LogP contribution in [0.25, 0.3) is 0 Å². The van der Waals surface area contributed by atoms with Crippen molar-refractivity contribution in [3.63, 3.8) is 0 Å². The molecule has 0 saturated heterocycles. The van der Waals surface area contributed by atoms with E-state index in [0.717, 1.165) is 11.7 Å². The van der Waals surface area contributed by atoms with Crippen LogP contribution in [0.4, 0.5) is 0 Å². The molecule has 0 aromatic rings. The van der Waals surface area contributed by atoms with Crippen molar-refractivity contribution >= 4 is 11.8 Å². The summed E-state index contributed by atoms with van der Waals surface area (Å²) in [5.74, 6) is 3.17. The average molecular weight is 131 g/mol. The quantitative estimate of drug-likeness (QED) is 0.565. The van der Waals surface area contributed by atoms with Crippen LogP contribution in [0.15, 0.2) is 0 Å². The summed E-state index contributed by atoms with van der Waals surface area (Å²) in [7, 11) is 0. The van der Waals surface area contributed by atoms with Crippen LogP contribution in [0, 0.1) is 12.8 Å². The molecule has 8 heavy (non-hydrogen) atoms. The van der Waals surface area contributed by atoms with Crippen molar-refractivity contribution in [1.82, 2.24) is 0 Å². The van der Waals surface area contributed by atoms with Crippen LogP contribution >= 0.6 is 11.8 Å². The monoisotopic (exact) mass is 131 g/mol. The van der Waals surface area contributed by atoms with Crippen LogP contribution in [0.1, 0.15) is 20.3 Å². The molecule has 49 valence electrons. The van der Waals surface area contributed by atoms with Gasteiger partial charge in [0.05, 0.1) is 0 Å². The summed E-state index contributed by atoms with van der Waals surface area (Å²) in [6, 6.07) is 0. The van der Waals surface area contributed by atoms with Crippen LogP contribution in [-0.2, 0) is 0 Å². The fraction of sp³-hybridized carbons (Fsp3) is 0.857. The molecule has 0 amide bonds. The van der Waals surface area contributed by atoms with Crippen molar-refractivity contribution < 1.29 is 0 Å². The van der Waals surface area contributed by atoms with Gasteiger partial charge in [0.1, 0.15) is 0 Å². The number of hydrogen-bond acceptors (Lipinski definition) is 1. The van der Waals surface area contributed by atoms with Gasteiger partial charge in [-0.2, -0.15) is 11.8 Å². The van der Waals surface area contributed by atoms with E-state index in [4.69, 9.17) is 0 Å². The molecular formula is C7H15S. The fourth-order valence-electron chi connectivity index (χ4n) is 0.402. The van der Waals surface area contributed by atoms with Gasteiger partial charge >= 0.3 is 0 Å². The lowest BCUT2D eigenvalue weighted by atomic mass is 10.2. The van der Waals surface area contributed by atoms with Crippen LogP contribution < -0.4 is 0 Å².